The second-order valence-corrected chi connectivity index (χ2v) is 4.50. The molecular weight excluding hydrogens is 271 g/mol. The van der Waals surface area contributed by atoms with E-state index in [4.69, 9.17) is 5.84 Å². The molecule has 0 atom stereocenters. The molecule has 1 amide bonds. The van der Waals surface area contributed by atoms with Gasteiger partial charge >= 0.3 is 6.18 Å². The monoisotopic (exact) mass is 289 g/mol. The summed E-state index contributed by atoms with van der Waals surface area (Å²) in [6, 6.07) is 4.95. The highest BCUT2D eigenvalue weighted by molar-refractivity contribution is 5.94. The molecular formula is C13H18F3N3O. The maximum Gasteiger partial charge on any atom is 0.389 e. The highest BCUT2D eigenvalue weighted by Crippen LogP contribution is 2.21. The third-order valence-electron chi connectivity index (χ3n) is 2.82. The third kappa shape index (κ3) is 5.48. The van der Waals surface area contributed by atoms with Crippen LogP contribution >= 0.6 is 0 Å². The maximum absolute atomic E-state index is 11.9. The number of aryl methyl sites for hydroxylation is 1. The summed E-state index contributed by atoms with van der Waals surface area (Å²) in [4.78, 5) is 11.8. The van der Waals surface area contributed by atoms with Crippen LogP contribution in [-0.4, -0.2) is 18.6 Å². The van der Waals surface area contributed by atoms with Crippen LogP contribution in [0, 0.1) is 6.92 Å². The minimum Gasteiger partial charge on any atom is -0.352 e. The molecule has 0 radical (unpaired) electrons. The van der Waals surface area contributed by atoms with Crippen molar-refractivity contribution in [2.45, 2.75) is 32.4 Å². The van der Waals surface area contributed by atoms with E-state index in [0.717, 1.165) is 5.56 Å². The van der Waals surface area contributed by atoms with Crippen molar-refractivity contribution < 1.29 is 18.0 Å². The molecule has 0 aliphatic heterocycles. The Labute approximate surface area is 115 Å². The van der Waals surface area contributed by atoms with E-state index in [2.05, 4.69) is 10.7 Å². The zero-order valence-electron chi connectivity index (χ0n) is 11.2. The molecule has 0 aliphatic rings. The van der Waals surface area contributed by atoms with Gasteiger partial charge in [-0.15, -0.1) is 0 Å². The topological polar surface area (TPSA) is 67.2 Å². The molecule has 0 unspecified atom stereocenters. The lowest BCUT2D eigenvalue weighted by Gasteiger charge is -2.09. The molecule has 0 heterocycles. The Balaban J connectivity index is 2.38. The molecule has 0 saturated carbocycles. The number of carbonyl (C=O) groups is 1. The van der Waals surface area contributed by atoms with Crippen molar-refractivity contribution >= 4 is 11.6 Å². The Morgan fingerprint density at radius 2 is 2.00 bits per heavy atom. The van der Waals surface area contributed by atoms with Crippen molar-refractivity contribution in [2.75, 3.05) is 12.0 Å². The quantitative estimate of drug-likeness (QED) is 0.428. The van der Waals surface area contributed by atoms with Crippen LogP contribution in [0.1, 0.15) is 35.2 Å². The van der Waals surface area contributed by atoms with Gasteiger partial charge in [0.15, 0.2) is 0 Å². The average molecular weight is 289 g/mol. The number of anilines is 1. The lowest BCUT2D eigenvalue weighted by Crippen LogP contribution is -2.25. The van der Waals surface area contributed by atoms with Crippen molar-refractivity contribution in [3.63, 3.8) is 0 Å². The van der Waals surface area contributed by atoms with E-state index in [1.807, 2.05) is 0 Å². The fraction of sp³-hybridized carbons (Fsp3) is 0.462. The number of alkyl halides is 3. The number of nitrogen functional groups attached to an aromatic ring is 1. The van der Waals surface area contributed by atoms with Gasteiger partial charge < -0.3 is 10.7 Å². The van der Waals surface area contributed by atoms with Crippen molar-refractivity contribution in [3.05, 3.63) is 29.3 Å². The fourth-order valence-corrected chi connectivity index (χ4v) is 1.72. The summed E-state index contributed by atoms with van der Waals surface area (Å²) in [7, 11) is 0. The lowest BCUT2D eigenvalue weighted by atomic mass is 10.1. The van der Waals surface area contributed by atoms with Crippen LogP contribution in [0.4, 0.5) is 18.9 Å². The Morgan fingerprint density at radius 3 is 2.55 bits per heavy atom. The molecule has 7 heteroatoms. The number of nitrogens with two attached hydrogens (primary N) is 1. The minimum atomic E-state index is -4.13. The number of halogens is 3. The van der Waals surface area contributed by atoms with Crippen LogP contribution in [0.3, 0.4) is 0 Å². The first-order valence-electron chi connectivity index (χ1n) is 6.25. The van der Waals surface area contributed by atoms with Crippen molar-refractivity contribution in [1.82, 2.24) is 5.32 Å². The van der Waals surface area contributed by atoms with Gasteiger partial charge in [-0.05, 0) is 43.5 Å². The molecule has 0 aliphatic carbocycles. The number of rotatable bonds is 6. The normalized spacial score (nSPS) is 11.2. The number of carbonyl (C=O) groups excluding carboxylic acids is 1. The molecule has 1 aromatic rings. The van der Waals surface area contributed by atoms with Crippen LogP contribution in [-0.2, 0) is 0 Å². The number of benzene rings is 1. The highest BCUT2D eigenvalue weighted by atomic mass is 19.4. The lowest BCUT2D eigenvalue weighted by molar-refractivity contribution is -0.135. The number of amides is 1. The van der Waals surface area contributed by atoms with Crippen LogP contribution in [0.25, 0.3) is 0 Å². The molecule has 4 N–H and O–H groups in total. The van der Waals surface area contributed by atoms with Crippen LogP contribution in [0.15, 0.2) is 18.2 Å². The van der Waals surface area contributed by atoms with Gasteiger partial charge in [0.1, 0.15) is 0 Å². The van der Waals surface area contributed by atoms with E-state index in [1.165, 1.54) is 0 Å². The van der Waals surface area contributed by atoms with Gasteiger partial charge in [0.2, 0.25) is 0 Å². The first kappa shape index (κ1) is 16.3. The van der Waals surface area contributed by atoms with Gasteiger partial charge in [0.25, 0.3) is 5.91 Å². The van der Waals surface area contributed by atoms with E-state index in [0.29, 0.717) is 17.7 Å². The number of hydrazine groups is 1. The fourth-order valence-electron chi connectivity index (χ4n) is 1.72. The predicted octanol–water partition coefficient (Wildman–Crippen LogP) is 2.74. The van der Waals surface area contributed by atoms with Gasteiger partial charge in [-0.2, -0.15) is 13.2 Å². The van der Waals surface area contributed by atoms with E-state index in [-0.39, 0.29) is 18.9 Å². The molecule has 1 aromatic carbocycles. The standard InChI is InChI=1S/C13H18F3N3O/c1-9-8-10(4-5-11(9)19-17)12(20)18-7-3-2-6-13(14,15)16/h4-5,8,19H,2-3,6-7,17H2,1H3,(H,18,20). The second-order valence-electron chi connectivity index (χ2n) is 4.50. The van der Waals surface area contributed by atoms with E-state index in [9.17, 15) is 18.0 Å². The molecule has 0 aromatic heterocycles. The van der Waals surface area contributed by atoms with Crippen molar-refractivity contribution in [1.29, 1.82) is 0 Å². The van der Waals surface area contributed by atoms with Crippen molar-refractivity contribution in [3.8, 4) is 0 Å². The predicted molar refractivity (Wildman–Crippen MR) is 71.2 cm³/mol. The molecule has 4 nitrogen and oxygen atoms in total. The van der Waals surface area contributed by atoms with Crippen molar-refractivity contribution in [2.24, 2.45) is 5.84 Å². The summed E-state index contributed by atoms with van der Waals surface area (Å²) in [5.74, 6) is 4.98. The number of hydrogen-bond acceptors (Lipinski definition) is 3. The van der Waals surface area contributed by atoms with E-state index in [1.54, 1.807) is 25.1 Å². The molecule has 0 spiro atoms. The zero-order chi connectivity index (χ0) is 15.2. The number of unbranched alkanes of at least 4 members (excludes halogenated alkanes) is 1. The molecule has 0 bridgehead atoms. The van der Waals surface area contributed by atoms with Gasteiger partial charge in [-0.25, -0.2) is 0 Å². The van der Waals surface area contributed by atoms with Gasteiger partial charge in [0, 0.05) is 18.5 Å². The van der Waals surface area contributed by atoms with E-state index >= 15 is 0 Å². The highest BCUT2D eigenvalue weighted by Gasteiger charge is 2.25. The summed E-state index contributed by atoms with van der Waals surface area (Å²) in [6.07, 6.45) is -4.64. The molecule has 0 fully saturated rings. The summed E-state index contributed by atoms with van der Waals surface area (Å²) < 4.78 is 35.8. The summed E-state index contributed by atoms with van der Waals surface area (Å²) in [5, 5.41) is 2.59. The minimum absolute atomic E-state index is 0.0127. The number of nitrogens with one attached hydrogen (secondary N) is 2. The molecule has 112 valence electrons. The van der Waals surface area contributed by atoms with Crippen LogP contribution in [0.2, 0.25) is 0 Å². The van der Waals surface area contributed by atoms with Gasteiger partial charge in [-0.3, -0.25) is 10.6 Å². The van der Waals surface area contributed by atoms with Crippen LogP contribution < -0.4 is 16.6 Å². The number of hydrogen-bond donors (Lipinski definition) is 3. The molecule has 20 heavy (non-hydrogen) atoms. The third-order valence-corrected chi connectivity index (χ3v) is 2.82. The Morgan fingerprint density at radius 1 is 1.30 bits per heavy atom. The molecule has 0 saturated heterocycles. The van der Waals surface area contributed by atoms with Gasteiger partial charge in [0.05, 0.1) is 5.69 Å². The first-order chi connectivity index (χ1) is 9.33. The van der Waals surface area contributed by atoms with E-state index < -0.39 is 12.6 Å². The maximum atomic E-state index is 11.9. The van der Waals surface area contributed by atoms with Crippen LogP contribution in [0.5, 0.6) is 0 Å². The second kappa shape index (κ2) is 7.14. The first-order valence-corrected chi connectivity index (χ1v) is 6.25. The Bertz CT molecular complexity index is 461. The Kier molecular flexibility index (Phi) is 5.82. The largest absolute Gasteiger partial charge is 0.389 e. The summed E-state index contributed by atoms with van der Waals surface area (Å²) in [5.41, 5.74) is 4.48. The Hall–Kier alpha value is -1.76. The average Bonchev–Trinajstić information content (AvgIpc) is 2.36. The zero-order valence-corrected chi connectivity index (χ0v) is 11.2. The summed E-state index contributed by atoms with van der Waals surface area (Å²) in [6.45, 7) is 2.03. The summed E-state index contributed by atoms with van der Waals surface area (Å²) >= 11 is 0. The molecule has 1 rings (SSSR count). The van der Waals surface area contributed by atoms with Gasteiger partial charge in [-0.1, -0.05) is 0 Å². The smallest absolute Gasteiger partial charge is 0.352 e. The SMILES string of the molecule is Cc1cc(C(=O)NCCCCC(F)(F)F)ccc1NN.